The first kappa shape index (κ1) is 14.7. The third-order valence-electron chi connectivity index (χ3n) is 3.47. The summed E-state index contributed by atoms with van der Waals surface area (Å²) in [6.07, 6.45) is -1.01. The summed E-state index contributed by atoms with van der Waals surface area (Å²) in [4.78, 5) is 36.0. The lowest BCUT2D eigenvalue weighted by Crippen LogP contribution is -2.50. The molecular formula is C12H19N3O5. The molecule has 3 N–H and O–H groups in total. The van der Waals surface area contributed by atoms with E-state index in [2.05, 4.69) is 10.6 Å². The Bertz CT molecular complexity index is 395. The summed E-state index contributed by atoms with van der Waals surface area (Å²) in [5.41, 5.74) is 0. The first-order valence-electron chi connectivity index (χ1n) is 6.72. The molecule has 2 heterocycles. The number of rotatable bonds is 4. The second kappa shape index (κ2) is 6.67. The first-order valence-corrected chi connectivity index (χ1v) is 6.72. The van der Waals surface area contributed by atoms with Gasteiger partial charge in [-0.3, -0.25) is 9.59 Å². The minimum Gasteiger partial charge on any atom is -0.479 e. The zero-order valence-electron chi connectivity index (χ0n) is 11.1. The van der Waals surface area contributed by atoms with Gasteiger partial charge in [-0.05, 0) is 12.8 Å². The number of nitrogens with zero attached hydrogens (tertiary/aromatic N) is 1. The van der Waals surface area contributed by atoms with Crippen LogP contribution in [0.5, 0.6) is 0 Å². The summed E-state index contributed by atoms with van der Waals surface area (Å²) < 4.78 is 5.12. The highest BCUT2D eigenvalue weighted by Crippen LogP contribution is 2.19. The molecule has 2 aliphatic heterocycles. The van der Waals surface area contributed by atoms with Crippen LogP contribution in [0.15, 0.2) is 0 Å². The molecule has 112 valence electrons. The zero-order chi connectivity index (χ0) is 14.5. The highest BCUT2D eigenvalue weighted by molar-refractivity contribution is 5.87. The van der Waals surface area contributed by atoms with Crippen LogP contribution in [0.25, 0.3) is 0 Å². The molecule has 0 saturated carbocycles. The van der Waals surface area contributed by atoms with Crippen molar-refractivity contribution < 1.29 is 24.2 Å². The first-order chi connectivity index (χ1) is 9.58. The van der Waals surface area contributed by atoms with Crippen LogP contribution in [-0.2, 0) is 19.1 Å². The molecule has 0 unspecified atom stereocenters. The quantitative estimate of drug-likeness (QED) is 0.560. The summed E-state index contributed by atoms with van der Waals surface area (Å²) in [6.45, 7) is 2.71. The Morgan fingerprint density at radius 2 is 1.85 bits per heavy atom. The lowest BCUT2D eigenvalue weighted by molar-refractivity contribution is -0.152. The summed E-state index contributed by atoms with van der Waals surface area (Å²) >= 11 is 0. The average molecular weight is 285 g/mol. The van der Waals surface area contributed by atoms with E-state index in [1.807, 2.05) is 0 Å². The van der Waals surface area contributed by atoms with E-state index < -0.39 is 24.1 Å². The SMILES string of the molecule is O=C(NCC(=O)N1CCNCC1)[C@@H]1CC[C@H](C(=O)O)O1. The molecule has 2 rings (SSSR count). The fourth-order valence-corrected chi connectivity index (χ4v) is 2.31. The van der Waals surface area contributed by atoms with Crippen molar-refractivity contribution in [3.8, 4) is 0 Å². The van der Waals surface area contributed by atoms with Crippen molar-refractivity contribution in [3.05, 3.63) is 0 Å². The zero-order valence-corrected chi connectivity index (χ0v) is 11.1. The summed E-state index contributed by atoms with van der Waals surface area (Å²) in [5.74, 6) is -1.61. The average Bonchev–Trinajstić information content (AvgIpc) is 2.95. The third-order valence-corrected chi connectivity index (χ3v) is 3.47. The highest BCUT2D eigenvalue weighted by atomic mass is 16.5. The summed E-state index contributed by atoms with van der Waals surface area (Å²) in [5, 5.41) is 14.4. The van der Waals surface area contributed by atoms with Gasteiger partial charge in [0.2, 0.25) is 11.8 Å². The largest absolute Gasteiger partial charge is 0.479 e. The number of carboxylic acid groups (broad SMARTS) is 1. The third kappa shape index (κ3) is 3.67. The van der Waals surface area contributed by atoms with Crippen molar-refractivity contribution in [1.29, 1.82) is 0 Å². The van der Waals surface area contributed by atoms with Crippen LogP contribution in [0.4, 0.5) is 0 Å². The monoisotopic (exact) mass is 285 g/mol. The Balaban J connectivity index is 1.72. The summed E-state index contributed by atoms with van der Waals surface area (Å²) in [7, 11) is 0. The van der Waals surface area contributed by atoms with Gasteiger partial charge >= 0.3 is 5.97 Å². The molecular weight excluding hydrogens is 266 g/mol. The van der Waals surface area contributed by atoms with E-state index in [1.165, 1.54) is 0 Å². The molecule has 0 aromatic carbocycles. The number of hydrogen-bond donors (Lipinski definition) is 3. The van der Waals surface area contributed by atoms with Gasteiger partial charge in [0.05, 0.1) is 6.54 Å². The van der Waals surface area contributed by atoms with E-state index in [9.17, 15) is 14.4 Å². The number of carbonyl (C=O) groups excluding carboxylic acids is 2. The predicted molar refractivity (Wildman–Crippen MR) is 68.0 cm³/mol. The lowest BCUT2D eigenvalue weighted by atomic mass is 10.2. The summed E-state index contributed by atoms with van der Waals surface area (Å²) in [6, 6.07) is 0. The molecule has 0 spiro atoms. The van der Waals surface area contributed by atoms with Gasteiger partial charge in [0.1, 0.15) is 6.10 Å². The minimum atomic E-state index is -1.06. The fourth-order valence-electron chi connectivity index (χ4n) is 2.31. The minimum absolute atomic E-state index is 0.0730. The predicted octanol–water partition coefficient (Wildman–Crippen LogP) is -1.83. The van der Waals surface area contributed by atoms with Gasteiger partial charge in [0, 0.05) is 26.2 Å². The number of ether oxygens (including phenoxy) is 1. The second-order valence-corrected chi connectivity index (χ2v) is 4.88. The maximum atomic E-state index is 11.8. The normalized spacial score (nSPS) is 26.3. The van der Waals surface area contributed by atoms with Crippen molar-refractivity contribution in [2.75, 3.05) is 32.7 Å². The van der Waals surface area contributed by atoms with Crippen LogP contribution < -0.4 is 10.6 Å². The maximum absolute atomic E-state index is 11.8. The standard InChI is InChI=1S/C12H19N3O5/c16-10(15-5-3-13-4-6-15)7-14-11(17)8-1-2-9(20-8)12(18)19/h8-9,13H,1-7H2,(H,14,17)(H,18,19)/t8-,9+/m0/s1. The van der Waals surface area contributed by atoms with Crippen LogP contribution in [0.3, 0.4) is 0 Å². The van der Waals surface area contributed by atoms with Gasteiger partial charge < -0.3 is 25.4 Å². The van der Waals surface area contributed by atoms with Gasteiger partial charge in [-0.25, -0.2) is 4.79 Å². The number of hydrogen-bond acceptors (Lipinski definition) is 5. The molecule has 2 fully saturated rings. The van der Waals surface area contributed by atoms with Crippen molar-refractivity contribution in [2.24, 2.45) is 0 Å². The number of carbonyl (C=O) groups is 3. The smallest absolute Gasteiger partial charge is 0.332 e. The number of nitrogens with one attached hydrogen (secondary N) is 2. The molecule has 8 heteroatoms. The number of carboxylic acids is 1. The Morgan fingerprint density at radius 1 is 1.20 bits per heavy atom. The molecule has 2 atom stereocenters. The van der Waals surface area contributed by atoms with E-state index in [0.717, 1.165) is 13.1 Å². The van der Waals surface area contributed by atoms with Crippen LogP contribution in [0.1, 0.15) is 12.8 Å². The maximum Gasteiger partial charge on any atom is 0.332 e. The van der Waals surface area contributed by atoms with Crippen molar-refractivity contribution in [1.82, 2.24) is 15.5 Å². The Kier molecular flexibility index (Phi) is 4.91. The van der Waals surface area contributed by atoms with Gasteiger partial charge in [-0.15, -0.1) is 0 Å². The van der Waals surface area contributed by atoms with Crippen LogP contribution in [-0.4, -0.2) is 72.7 Å². The molecule has 0 aromatic heterocycles. The molecule has 0 radical (unpaired) electrons. The van der Waals surface area contributed by atoms with E-state index in [0.29, 0.717) is 25.9 Å². The Hall–Kier alpha value is -1.67. The molecule has 2 aliphatic rings. The van der Waals surface area contributed by atoms with Crippen molar-refractivity contribution in [2.45, 2.75) is 25.0 Å². The molecule has 2 saturated heterocycles. The van der Waals surface area contributed by atoms with Gasteiger partial charge in [-0.2, -0.15) is 0 Å². The molecule has 0 aliphatic carbocycles. The number of amides is 2. The molecule has 8 nitrogen and oxygen atoms in total. The van der Waals surface area contributed by atoms with Gasteiger partial charge in [0.15, 0.2) is 6.10 Å². The number of piperazine rings is 1. The van der Waals surface area contributed by atoms with Crippen LogP contribution in [0, 0.1) is 0 Å². The molecule has 2 amide bonds. The Morgan fingerprint density at radius 3 is 2.45 bits per heavy atom. The lowest BCUT2D eigenvalue weighted by Gasteiger charge is -2.27. The second-order valence-electron chi connectivity index (χ2n) is 4.88. The van der Waals surface area contributed by atoms with Crippen molar-refractivity contribution >= 4 is 17.8 Å². The van der Waals surface area contributed by atoms with Gasteiger partial charge in [0.25, 0.3) is 0 Å². The van der Waals surface area contributed by atoms with E-state index in [4.69, 9.17) is 9.84 Å². The number of aliphatic carboxylic acids is 1. The van der Waals surface area contributed by atoms with E-state index in [-0.39, 0.29) is 12.5 Å². The van der Waals surface area contributed by atoms with E-state index in [1.54, 1.807) is 4.90 Å². The van der Waals surface area contributed by atoms with Crippen LogP contribution >= 0.6 is 0 Å². The Labute approximate surface area is 116 Å². The highest BCUT2D eigenvalue weighted by Gasteiger charge is 2.34. The van der Waals surface area contributed by atoms with Gasteiger partial charge in [-0.1, -0.05) is 0 Å². The van der Waals surface area contributed by atoms with E-state index >= 15 is 0 Å². The molecule has 0 aromatic rings. The topological polar surface area (TPSA) is 108 Å². The molecule has 0 bridgehead atoms. The molecule has 20 heavy (non-hydrogen) atoms. The van der Waals surface area contributed by atoms with Crippen LogP contribution in [0.2, 0.25) is 0 Å². The van der Waals surface area contributed by atoms with Crippen molar-refractivity contribution in [3.63, 3.8) is 0 Å². The fraction of sp³-hybridized carbons (Fsp3) is 0.750.